The van der Waals surface area contributed by atoms with Crippen molar-refractivity contribution < 1.29 is 0 Å². The van der Waals surface area contributed by atoms with Crippen molar-refractivity contribution in [1.29, 1.82) is 0 Å². The second-order valence-electron chi connectivity index (χ2n) is 4.60. The maximum Gasteiger partial charge on any atom is -0.00368 e. The molecule has 0 amide bonds. The predicted octanol–water partition coefficient (Wildman–Crippen LogP) is 3.05. The van der Waals surface area contributed by atoms with Gasteiger partial charge in [-0.05, 0) is 25.4 Å². The summed E-state index contributed by atoms with van der Waals surface area (Å²) in [7, 11) is 0. The van der Waals surface area contributed by atoms with Gasteiger partial charge in [0.05, 0.1) is 0 Å². The van der Waals surface area contributed by atoms with E-state index >= 15 is 0 Å². The molecule has 0 saturated carbocycles. The van der Waals surface area contributed by atoms with Gasteiger partial charge in [0.25, 0.3) is 0 Å². The summed E-state index contributed by atoms with van der Waals surface area (Å²) in [6.07, 6.45) is 12.3. The fourth-order valence-electron chi connectivity index (χ4n) is 1.90. The summed E-state index contributed by atoms with van der Waals surface area (Å²) in [5.74, 6) is 0.560. The molecular formula is C13H30N2. The van der Waals surface area contributed by atoms with Crippen LogP contribution in [0.3, 0.4) is 0 Å². The lowest BCUT2D eigenvalue weighted by molar-refractivity contribution is 0.465. The molecule has 0 spiro atoms. The van der Waals surface area contributed by atoms with Crippen LogP contribution >= 0.6 is 0 Å². The molecule has 0 unspecified atom stereocenters. The monoisotopic (exact) mass is 214 g/mol. The van der Waals surface area contributed by atoms with E-state index in [-0.39, 0.29) is 0 Å². The van der Waals surface area contributed by atoms with E-state index in [1.54, 1.807) is 0 Å². The highest BCUT2D eigenvalue weighted by atomic mass is 14.6. The quantitative estimate of drug-likeness (QED) is 0.519. The molecule has 0 heterocycles. The standard InChI is InChI=1S/C13H30N2/c1-2-3-4-5-6-7-8-9-10-13(11-14)12-15/h13H,2-12,14-15H2,1H3. The Morgan fingerprint density at radius 2 is 1.20 bits per heavy atom. The lowest BCUT2D eigenvalue weighted by Gasteiger charge is -2.10. The fourth-order valence-corrected chi connectivity index (χ4v) is 1.90. The largest absolute Gasteiger partial charge is 0.330 e. The first-order valence-electron chi connectivity index (χ1n) is 6.75. The van der Waals surface area contributed by atoms with Gasteiger partial charge in [-0.2, -0.15) is 0 Å². The molecule has 0 rings (SSSR count). The van der Waals surface area contributed by atoms with Gasteiger partial charge >= 0.3 is 0 Å². The van der Waals surface area contributed by atoms with Gasteiger partial charge in [0, 0.05) is 0 Å². The molecule has 0 aromatic heterocycles. The van der Waals surface area contributed by atoms with E-state index < -0.39 is 0 Å². The van der Waals surface area contributed by atoms with E-state index in [1.165, 1.54) is 57.8 Å². The molecule has 0 bridgehead atoms. The van der Waals surface area contributed by atoms with Crippen LogP contribution in [0.4, 0.5) is 0 Å². The van der Waals surface area contributed by atoms with E-state index in [9.17, 15) is 0 Å². The zero-order valence-electron chi connectivity index (χ0n) is 10.5. The summed E-state index contributed by atoms with van der Waals surface area (Å²) in [6.45, 7) is 3.78. The summed E-state index contributed by atoms with van der Waals surface area (Å²) in [5, 5.41) is 0. The Morgan fingerprint density at radius 3 is 1.67 bits per heavy atom. The van der Waals surface area contributed by atoms with Gasteiger partial charge in [0.1, 0.15) is 0 Å². The van der Waals surface area contributed by atoms with Crippen molar-refractivity contribution in [2.45, 2.75) is 64.7 Å². The van der Waals surface area contributed by atoms with Crippen molar-refractivity contribution in [1.82, 2.24) is 0 Å². The Labute approximate surface area is 95.8 Å². The maximum atomic E-state index is 5.60. The van der Waals surface area contributed by atoms with Crippen LogP contribution in [-0.2, 0) is 0 Å². The van der Waals surface area contributed by atoms with Crippen molar-refractivity contribution in [3.8, 4) is 0 Å². The minimum atomic E-state index is 0.560. The van der Waals surface area contributed by atoms with Crippen LogP contribution in [0.2, 0.25) is 0 Å². The summed E-state index contributed by atoms with van der Waals surface area (Å²) >= 11 is 0. The zero-order valence-corrected chi connectivity index (χ0v) is 10.5. The third-order valence-electron chi connectivity index (χ3n) is 3.13. The Hall–Kier alpha value is -0.0800. The molecule has 15 heavy (non-hydrogen) atoms. The van der Waals surface area contributed by atoms with E-state index in [1.807, 2.05) is 0 Å². The smallest absolute Gasteiger partial charge is 0.00368 e. The minimum absolute atomic E-state index is 0.560. The third kappa shape index (κ3) is 10.2. The molecule has 0 aliphatic heterocycles. The van der Waals surface area contributed by atoms with E-state index in [2.05, 4.69) is 6.92 Å². The average Bonchev–Trinajstić information content (AvgIpc) is 2.27. The topological polar surface area (TPSA) is 52.0 Å². The molecule has 92 valence electrons. The Balaban J connectivity index is 3.04. The molecule has 0 aromatic rings. The fraction of sp³-hybridized carbons (Fsp3) is 1.00. The molecule has 0 radical (unpaired) electrons. The van der Waals surface area contributed by atoms with Crippen LogP contribution in [0.15, 0.2) is 0 Å². The molecule has 0 aliphatic carbocycles. The van der Waals surface area contributed by atoms with Crippen LogP contribution in [0.25, 0.3) is 0 Å². The van der Waals surface area contributed by atoms with Gasteiger partial charge in [0.15, 0.2) is 0 Å². The normalized spacial score (nSPS) is 11.2. The highest BCUT2D eigenvalue weighted by Crippen LogP contribution is 2.12. The second kappa shape index (κ2) is 12.0. The lowest BCUT2D eigenvalue weighted by atomic mass is 10.0. The van der Waals surface area contributed by atoms with Gasteiger partial charge in [-0.15, -0.1) is 0 Å². The summed E-state index contributed by atoms with van der Waals surface area (Å²) in [6, 6.07) is 0. The van der Waals surface area contributed by atoms with Crippen LogP contribution in [-0.4, -0.2) is 13.1 Å². The number of hydrogen-bond donors (Lipinski definition) is 2. The molecule has 0 aromatic carbocycles. The summed E-state index contributed by atoms with van der Waals surface area (Å²) in [4.78, 5) is 0. The predicted molar refractivity (Wildman–Crippen MR) is 68.8 cm³/mol. The van der Waals surface area contributed by atoms with Crippen molar-refractivity contribution >= 4 is 0 Å². The molecule has 0 fully saturated rings. The van der Waals surface area contributed by atoms with Crippen LogP contribution in [0.1, 0.15) is 64.7 Å². The Kier molecular flexibility index (Phi) is 11.9. The number of rotatable bonds is 11. The van der Waals surface area contributed by atoms with Gasteiger partial charge in [-0.1, -0.05) is 58.3 Å². The van der Waals surface area contributed by atoms with Gasteiger partial charge in [-0.25, -0.2) is 0 Å². The first kappa shape index (κ1) is 14.9. The molecule has 2 heteroatoms. The highest BCUT2D eigenvalue weighted by Gasteiger charge is 2.02. The second-order valence-corrected chi connectivity index (χ2v) is 4.60. The van der Waals surface area contributed by atoms with E-state index in [0.717, 1.165) is 13.1 Å². The highest BCUT2D eigenvalue weighted by molar-refractivity contribution is 4.60. The zero-order chi connectivity index (χ0) is 11.4. The third-order valence-corrected chi connectivity index (χ3v) is 3.13. The first-order valence-corrected chi connectivity index (χ1v) is 6.75. The van der Waals surface area contributed by atoms with Gasteiger partial charge in [0.2, 0.25) is 0 Å². The van der Waals surface area contributed by atoms with Crippen LogP contribution < -0.4 is 11.5 Å². The summed E-state index contributed by atoms with van der Waals surface area (Å²) < 4.78 is 0. The first-order chi connectivity index (χ1) is 7.35. The average molecular weight is 214 g/mol. The van der Waals surface area contributed by atoms with Crippen molar-refractivity contribution in [3.63, 3.8) is 0 Å². The number of hydrogen-bond acceptors (Lipinski definition) is 2. The van der Waals surface area contributed by atoms with E-state index in [4.69, 9.17) is 11.5 Å². The number of nitrogens with two attached hydrogens (primary N) is 2. The van der Waals surface area contributed by atoms with E-state index in [0.29, 0.717) is 5.92 Å². The van der Waals surface area contributed by atoms with Crippen molar-refractivity contribution in [2.75, 3.05) is 13.1 Å². The summed E-state index contributed by atoms with van der Waals surface area (Å²) in [5.41, 5.74) is 11.2. The number of unbranched alkanes of at least 4 members (excludes halogenated alkanes) is 7. The van der Waals surface area contributed by atoms with Crippen molar-refractivity contribution in [2.24, 2.45) is 17.4 Å². The molecule has 2 nitrogen and oxygen atoms in total. The van der Waals surface area contributed by atoms with Crippen LogP contribution in [0, 0.1) is 5.92 Å². The molecular weight excluding hydrogens is 184 g/mol. The Bertz CT molecular complexity index is 111. The Morgan fingerprint density at radius 1 is 0.733 bits per heavy atom. The van der Waals surface area contributed by atoms with Gasteiger partial charge < -0.3 is 11.5 Å². The maximum absolute atomic E-state index is 5.60. The molecule has 0 aliphatic rings. The lowest BCUT2D eigenvalue weighted by Crippen LogP contribution is -2.22. The van der Waals surface area contributed by atoms with Crippen molar-refractivity contribution in [3.05, 3.63) is 0 Å². The molecule has 4 N–H and O–H groups in total. The molecule has 0 saturated heterocycles. The minimum Gasteiger partial charge on any atom is -0.330 e. The van der Waals surface area contributed by atoms with Crippen LogP contribution in [0.5, 0.6) is 0 Å². The van der Waals surface area contributed by atoms with Gasteiger partial charge in [-0.3, -0.25) is 0 Å². The molecule has 0 atom stereocenters. The SMILES string of the molecule is CCCCCCCCCCC(CN)CN.